The van der Waals surface area contributed by atoms with E-state index in [-0.39, 0.29) is 17.2 Å². The number of para-hydroxylation sites is 1. The third kappa shape index (κ3) is 5.39. The number of phenolic OH excluding ortho intramolecular Hbond substituents is 1. The maximum Gasteiger partial charge on any atom is 0.416 e. The molecule has 3 amide bonds. The molecule has 0 saturated carbocycles. The Morgan fingerprint density at radius 2 is 1.74 bits per heavy atom. The zero-order chi connectivity index (χ0) is 30.5. The predicted octanol–water partition coefficient (Wildman–Crippen LogP) is 4.97. The highest BCUT2D eigenvalue weighted by molar-refractivity contribution is 8.00. The molecule has 9 nitrogen and oxygen atoms in total. The number of anilines is 2. The van der Waals surface area contributed by atoms with Crippen LogP contribution in [0.2, 0.25) is 0 Å². The average molecular weight is 628 g/mol. The second kappa shape index (κ2) is 10.9. The van der Waals surface area contributed by atoms with E-state index in [0.717, 1.165) is 46.2 Å². The zero-order valence-corrected chi connectivity index (χ0v) is 23.4. The van der Waals surface area contributed by atoms with Crippen LogP contribution < -0.4 is 19.8 Å². The van der Waals surface area contributed by atoms with Gasteiger partial charge in [-0.25, -0.2) is 4.90 Å². The van der Waals surface area contributed by atoms with Crippen molar-refractivity contribution >= 4 is 52.2 Å². The number of thioether (sulfide) groups is 1. The first-order valence-electron chi connectivity index (χ1n) is 12.8. The summed E-state index contributed by atoms with van der Waals surface area (Å²) >= 11 is 1.86. The summed E-state index contributed by atoms with van der Waals surface area (Å²) in [5.41, 5.74) is -0.347. The molecule has 2 aliphatic rings. The summed E-state index contributed by atoms with van der Waals surface area (Å²) in [6.07, 6.45) is -4.68. The predicted molar refractivity (Wildman–Crippen MR) is 153 cm³/mol. The minimum absolute atomic E-state index is 0.0325. The van der Waals surface area contributed by atoms with E-state index < -0.39 is 58.0 Å². The topological polar surface area (TPSA) is 129 Å². The minimum atomic E-state index is -4.68. The Morgan fingerprint density at radius 3 is 2.49 bits per heavy atom. The number of halogens is 3. The van der Waals surface area contributed by atoms with Crippen LogP contribution in [0.3, 0.4) is 0 Å². The van der Waals surface area contributed by atoms with Crippen molar-refractivity contribution in [1.82, 2.24) is 4.98 Å². The minimum Gasteiger partial charge on any atom is -0.508 e. The molecule has 0 aliphatic carbocycles. The van der Waals surface area contributed by atoms with E-state index in [1.807, 2.05) is 0 Å². The van der Waals surface area contributed by atoms with E-state index in [1.165, 1.54) is 30.3 Å². The number of aromatic amines is 1. The van der Waals surface area contributed by atoms with Gasteiger partial charge in [0.05, 0.1) is 22.2 Å². The fraction of sp³-hybridized carbons (Fsp3) is 0.172. The number of H-pyrrole nitrogens is 1. The van der Waals surface area contributed by atoms with Gasteiger partial charge in [0.25, 0.3) is 5.91 Å². The van der Waals surface area contributed by atoms with Gasteiger partial charge >= 0.3 is 11.0 Å². The molecule has 1 saturated heterocycles. The lowest BCUT2D eigenvalue weighted by molar-refractivity contribution is -0.137. The molecule has 14 heteroatoms. The number of imide groups is 1. The van der Waals surface area contributed by atoms with Gasteiger partial charge in [0, 0.05) is 22.0 Å². The van der Waals surface area contributed by atoms with Gasteiger partial charge < -0.3 is 20.1 Å². The number of benzene rings is 3. The largest absolute Gasteiger partial charge is 0.508 e. The van der Waals surface area contributed by atoms with Crippen LogP contribution in [0.4, 0.5) is 24.5 Å². The highest BCUT2D eigenvalue weighted by atomic mass is 32.2. The van der Waals surface area contributed by atoms with Gasteiger partial charge in [0.2, 0.25) is 11.8 Å². The van der Waals surface area contributed by atoms with Crippen LogP contribution >= 0.6 is 23.1 Å². The molecule has 2 aliphatic heterocycles. The quantitative estimate of drug-likeness (QED) is 0.203. The van der Waals surface area contributed by atoms with Gasteiger partial charge in [-0.1, -0.05) is 47.4 Å². The number of nitrogens with zero attached hydrogens (tertiary/aromatic N) is 1. The van der Waals surface area contributed by atoms with Crippen LogP contribution in [0, 0.1) is 5.92 Å². The summed E-state index contributed by atoms with van der Waals surface area (Å²) in [7, 11) is 0. The first-order chi connectivity index (χ1) is 20.5. The Morgan fingerprint density at radius 1 is 1.00 bits per heavy atom. The van der Waals surface area contributed by atoms with Crippen molar-refractivity contribution < 1.29 is 37.4 Å². The Labute approximate surface area is 249 Å². The lowest BCUT2D eigenvalue weighted by atomic mass is 9.82. The maximum atomic E-state index is 13.9. The molecule has 3 aromatic carbocycles. The molecule has 6 rings (SSSR count). The summed E-state index contributed by atoms with van der Waals surface area (Å²) in [5.74, 6) is -3.59. The number of hydrogen-bond acceptors (Lipinski definition) is 8. The number of fused-ring (bicyclic) bond motifs is 2. The molecule has 0 spiro atoms. The van der Waals surface area contributed by atoms with Crippen molar-refractivity contribution in [3.8, 4) is 11.5 Å². The third-order valence-corrected chi connectivity index (χ3v) is 9.42. The number of carbonyl (C=O) groups is 3. The number of thiazole rings is 1. The van der Waals surface area contributed by atoms with Crippen molar-refractivity contribution in [3.05, 3.63) is 98.5 Å². The molecular formula is C29H20F3N3O6S2. The van der Waals surface area contributed by atoms with Crippen molar-refractivity contribution in [2.75, 3.05) is 16.8 Å². The monoisotopic (exact) mass is 627 g/mol. The number of ether oxygens (including phenoxy) is 1. The molecule has 0 bridgehead atoms. The fourth-order valence-corrected chi connectivity index (χ4v) is 7.69. The molecule has 220 valence electrons. The number of alkyl halides is 3. The number of aromatic hydroxyl groups is 1. The number of aromatic nitrogens is 1. The Hall–Kier alpha value is -4.56. The summed E-state index contributed by atoms with van der Waals surface area (Å²) in [4.78, 5) is 56.1. The van der Waals surface area contributed by atoms with Gasteiger partial charge in [-0.3, -0.25) is 19.2 Å². The number of hydrogen-bond donors (Lipinski definition) is 3. The SMILES string of the molecule is O=C(COc1ccccc1C1c2sc(=O)[nH]c2SC2C(=O)N(c3cccc(C(F)(F)F)c3)C(=O)C21)Nc1ccc(O)cc1. The second-order valence-corrected chi connectivity index (χ2v) is 11.9. The molecule has 43 heavy (non-hydrogen) atoms. The summed E-state index contributed by atoms with van der Waals surface area (Å²) in [6.45, 7) is -0.424. The van der Waals surface area contributed by atoms with Crippen LogP contribution in [0.15, 0.2) is 82.6 Å². The Kier molecular flexibility index (Phi) is 7.26. The lowest BCUT2D eigenvalue weighted by Gasteiger charge is -2.30. The van der Waals surface area contributed by atoms with Crippen LogP contribution in [-0.4, -0.2) is 39.7 Å². The van der Waals surface area contributed by atoms with Crippen molar-refractivity contribution in [2.45, 2.75) is 22.4 Å². The summed E-state index contributed by atoms with van der Waals surface area (Å²) in [6, 6.07) is 16.4. The van der Waals surface area contributed by atoms with Crippen molar-refractivity contribution in [2.24, 2.45) is 5.92 Å². The normalized spacial score (nSPS) is 19.6. The molecule has 1 fully saturated rings. The number of rotatable bonds is 6. The molecule has 0 radical (unpaired) electrons. The smallest absolute Gasteiger partial charge is 0.416 e. The van der Waals surface area contributed by atoms with Gasteiger partial charge in [-0.2, -0.15) is 13.2 Å². The Bertz CT molecular complexity index is 1800. The Balaban J connectivity index is 1.34. The van der Waals surface area contributed by atoms with Gasteiger partial charge in [-0.15, -0.1) is 0 Å². The third-order valence-electron chi connectivity index (χ3n) is 7.02. The molecular weight excluding hydrogens is 607 g/mol. The van der Waals surface area contributed by atoms with Crippen molar-refractivity contribution in [1.29, 1.82) is 0 Å². The molecule has 3 heterocycles. The van der Waals surface area contributed by atoms with E-state index in [0.29, 0.717) is 21.2 Å². The number of phenols is 1. The molecule has 3 N–H and O–H groups in total. The fourth-order valence-electron chi connectivity index (χ4n) is 5.18. The average Bonchev–Trinajstić information content (AvgIpc) is 3.47. The van der Waals surface area contributed by atoms with E-state index in [2.05, 4.69) is 10.3 Å². The van der Waals surface area contributed by atoms with Crippen LogP contribution in [0.5, 0.6) is 11.5 Å². The molecule has 1 aromatic heterocycles. The molecule has 3 atom stereocenters. The van der Waals surface area contributed by atoms with Gasteiger partial charge in [-0.05, 0) is 48.5 Å². The van der Waals surface area contributed by atoms with Gasteiger partial charge in [0.1, 0.15) is 16.7 Å². The number of carbonyl (C=O) groups excluding carboxylic acids is 3. The second-order valence-electron chi connectivity index (χ2n) is 9.73. The van der Waals surface area contributed by atoms with Gasteiger partial charge in [0.15, 0.2) is 6.61 Å². The van der Waals surface area contributed by atoms with Crippen molar-refractivity contribution in [3.63, 3.8) is 0 Å². The standard InChI is InChI=1S/C29H20F3N3O6S2/c30-29(31,32)14-4-3-5-16(12-14)35-26(38)22-21(23-25(34-28(40)43-23)42-24(22)27(35)39)18-6-1-2-7-19(18)41-13-20(37)33-15-8-10-17(36)11-9-15/h1-12,21-22,24,36H,13H2,(H,33,37)(H,34,40). The van der Waals surface area contributed by atoms with E-state index in [9.17, 15) is 37.5 Å². The lowest BCUT2D eigenvalue weighted by Crippen LogP contribution is -2.32. The highest BCUT2D eigenvalue weighted by Gasteiger charge is 2.57. The van der Waals surface area contributed by atoms with E-state index >= 15 is 0 Å². The number of amides is 3. The van der Waals surface area contributed by atoms with E-state index in [1.54, 1.807) is 24.3 Å². The zero-order valence-electron chi connectivity index (χ0n) is 21.8. The van der Waals surface area contributed by atoms with Crippen LogP contribution in [0.25, 0.3) is 0 Å². The molecule has 4 aromatic rings. The first-order valence-corrected chi connectivity index (χ1v) is 14.5. The van der Waals surface area contributed by atoms with E-state index in [4.69, 9.17) is 4.74 Å². The summed E-state index contributed by atoms with van der Waals surface area (Å²) in [5, 5.41) is 11.4. The first kappa shape index (κ1) is 28.6. The maximum absolute atomic E-state index is 13.9. The van der Waals surface area contributed by atoms with Crippen LogP contribution in [-0.2, 0) is 20.6 Å². The number of nitrogens with one attached hydrogen (secondary N) is 2. The highest BCUT2D eigenvalue weighted by Crippen LogP contribution is 2.54. The van der Waals surface area contributed by atoms with Crippen LogP contribution in [0.1, 0.15) is 21.9 Å². The summed E-state index contributed by atoms with van der Waals surface area (Å²) < 4.78 is 46.2. The molecule has 3 unspecified atom stereocenters.